The summed E-state index contributed by atoms with van der Waals surface area (Å²) < 4.78 is 0. The number of nitrogens with one attached hydrogen (secondary N) is 1. The van der Waals surface area contributed by atoms with E-state index >= 15 is 0 Å². The van der Waals surface area contributed by atoms with Crippen LogP contribution in [0.1, 0.15) is 38.5 Å². The number of carbonyl (C=O) groups excluding carboxylic acids is 2. The molecule has 5 nitrogen and oxygen atoms in total. The van der Waals surface area contributed by atoms with Crippen molar-refractivity contribution >= 4 is 23.6 Å². The van der Waals surface area contributed by atoms with Crippen molar-refractivity contribution in [1.82, 2.24) is 15.1 Å². The van der Waals surface area contributed by atoms with Crippen molar-refractivity contribution in [2.45, 2.75) is 50.2 Å². The smallest absolute Gasteiger partial charge is 0.242 e. The highest BCUT2D eigenvalue weighted by atomic mass is 32.2. The molecule has 1 N–H and O–H groups in total. The molecule has 0 bridgehead atoms. The maximum absolute atomic E-state index is 12.7. The zero-order chi connectivity index (χ0) is 17.2. The van der Waals surface area contributed by atoms with Crippen molar-refractivity contribution in [1.29, 1.82) is 0 Å². The van der Waals surface area contributed by atoms with Crippen molar-refractivity contribution in [2.24, 2.45) is 5.92 Å². The molecule has 0 radical (unpaired) electrons. The van der Waals surface area contributed by atoms with Crippen LogP contribution < -0.4 is 5.32 Å². The van der Waals surface area contributed by atoms with Gasteiger partial charge in [0.25, 0.3) is 0 Å². The fourth-order valence-corrected chi connectivity index (χ4v) is 4.51. The molecule has 2 heterocycles. The first-order valence-corrected chi connectivity index (χ1v) is 10.3. The normalized spacial score (nSPS) is 26.5. The zero-order valence-electron chi connectivity index (χ0n) is 14.4. The van der Waals surface area contributed by atoms with E-state index in [1.807, 2.05) is 9.80 Å². The van der Waals surface area contributed by atoms with Crippen LogP contribution in [0.4, 0.5) is 0 Å². The fourth-order valence-electron chi connectivity index (χ4n) is 4.04. The summed E-state index contributed by atoms with van der Waals surface area (Å²) in [4.78, 5) is 29.0. The number of nitrogens with zero attached hydrogens (tertiary/aromatic N) is 2. The minimum Gasteiger partial charge on any atom is -0.342 e. The number of carbonyl (C=O) groups is 2. The van der Waals surface area contributed by atoms with Crippen LogP contribution in [0, 0.1) is 18.3 Å². The van der Waals surface area contributed by atoms with Gasteiger partial charge < -0.3 is 9.80 Å². The minimum absolute atomic E-state index is 0.126. The maximum Gasteiger partial charge on any atom is 0.242 e. The first-order valence-electron chi connectivity index (χ1n) is 8.91. The van der Waals surface area contributed by atoms with Crippen LogP contribution in [-0.4, -0.2) is 65.0 Å². The summed E-state index contributed by atoms with van der Waals surface area (Å²) >= 11 is 1.75. The van der Waals surface area contributed by atoms with Gasteiger partial charge in [-0.3, -0.25) is 14.9 Å². The highest BCUT2D eigenvalue weighted by Gasteiger charge is 2.51. The number of likely N-dealkylation sites (tertiary alicyclic amines) is 1. The molecule has 2 saturated heterocycles. The van der Waals surface area contributed by atoms with Gasteiger partial charge in [-0.25, -0.2) is 0 Å². The Morgan fingerprint density at radius 1 is 1.42 bits per heavy atom. The molecule has 24 heavy (non-hydrogen) atoms. The molecule has 1 aliphatic carbocycles. The third-order valence-electron chi connectivity index (χ3n) is 5.74. The lowest BCUT2D eigenvalue weighted by atomic mass is 9.83. The molecule has 0 aromatic carbocycles. The first-order chi connectivity index (χ1) is 11.6. The van der Waals surface area contributed by atoms with Crippen LogP contribution in [0.3, 0.4) is 0 Å². The van der Waals surface area contributed by atoms with Crippen LogP contribution in [0.5, 0.6) is 0 Å². The van der Waals surface area contributed by atoms with Crippen LogP contribution in [0.25, 0.3) is 0 Å². The average Bonchev–Trinajstić information content (AvgIpc) is 2.78. The number of hydrogen-bond acceptors (Lipinski definition) is 4. The average molecular weight is 350 g/mol. The summed E-state index contributed by atoms with van der Waals surface area (Å²) in [6.07, 6.45) is 13.2. The molecule has 0 aromatic rings. The van der Waals surface area contributed by atoms with Gasteiger partial charge in [0.15, 0.2) is 0 Å². The van der Waals surface area contributed by atoms with Crippen LogP contribution >= 0.6 is 11.8 Å². The molecule has 6 heteroatoms. The number of rotatable bonds is 5. The van der Waals surface area contributed by atoms with E-state index in [4.69, 9.17) is 6.42 Å². The second kappa shape index (κ2) is 7.37. The quantitative estimate of drug-likeness (QED) is 0.760. The van der Waals surface area contributed by atoms with Crippen molar-refractivity contribution in [3.63, 3.8) is 0 Å². The van der Waals surface area contributed by atoms with Gasteiger partial charge in [-0.2, -0.15) is 11.8 Å². The standard InChI is InChI=1S/C18H27N3O2S/c1-3-10-21-17(23)15(7-13-24-2)19-18(21)8-11-20(12-9-18)16(22)14-5-4-6-14/h1,14-15,19H,4-13H2,2H3. The van der Waals surface area contributed by atoms with Crippen molar-refractivity contribution in [2.75, 3.05) is 31.6 Å². The second-order valence-electron chi connectivity index (χ2n) is 7.09. The van der Waals surface area contributed by atoms with Gasteiger partial charge in [-0.05, 0) is 31.3 Å². The van der Waals surface area contributed by atoms with E-state index in [9.17, 15) is 9.59 Å². The Morgan fingerprint density at radius 2 is 2.12 bits per heavy atom. The second-order valence-corrected chi connectivity index (χ2v) is 8.08. The SMILES string of the molecule is C#CCN1C(=O)C(CCSC)NC12CCN(C(=O)C1CCC1)CC2. The Bertz CT molecular complexity index is 533. The number of terminal acetylenes is 1. The summed E-state index contributed by atoms with van der Waals surface area (Å²) in [5.41, 5.74) is -0.358. The maximum atomic E-state index is 12.7. The Hall–Kier alpha value is -1.19. The van der Waals surface area contributed by atoms with Crippen molar-refractivity contribution in [3.8, 4) is 12.3 Å². The summed E-state index contributed by atoms with van der Waals surface area (Å²) in [6.45, 7) is 1.77. The number of piperidine rings is 1. The van der Waals surface area contributed by atoms with Crippen LogP contribution in [0.15, 0.2) is 0 Å². The van der Waals surface area contributed by atoms with E-state index in [1.54, 1.807) is 11.8 Å². The van der Waals surface area contributed by atoms with E-state index in [0.717, 1.165) is 37.9 Å². The Kier molecular flexibility index (Phi) is 5.41. The molecule has 3 rings (SSSR count). The molecular formula is C18H27N3O2S. The number of thioether (sulfide) groups is 1. The molecule has 0 aromatic heterocycles. The molecule has 1 unspecified atom stereocenters. The highest BCUT2D eigenvalue weighted by Crippen LogP contribution is 2.35. The Morgan fingerprint density at radius 3 is 2.67 bits per heavy atom. The van der Waals surface area contributed by atoms with E-state index in [2.05, 4.69) is 17.5 Å². The molecule has 3 fully saturated rings. The molecule has 1 saturated carbocycles. The number of amides is 2. The highest BCUT2D eigenvalue weighted by molar-refractivity contribution is 7.98. The summed E-state index contributed by atoms with van der Waals surface area (Å²) in [5, 5.41) is 3.57. The lowest BCUT2D eigenvalue weighted by Crippen LogP contribution is -2.60. The topological polar surface area (TPSA) is 52.7 Å². The van der Waals surface area contributed by atoms with Crippen LogP contribution in [0.2, 0.25) is 0 Å². The van der Waals surface area contributed by atoms with Gasteiger partial charge in [0.2, 0.25) is 11.8 Å². The van der Waals surface area contributed by atoms with E-state index in [1.165, 1.54) is 6.42 Å². The summed E-state index contributed by atoms with van der Waals surface area (Å²) in [5.74, 6) is 4.27. The van der Waals surface area contributed by atoms with Gasteiger partial charge in [0.05, 0.1) is 18.2 Å². The zero-order valence-corrected chi connectivity index (χ0v) is 15.2. The molecular weight excluding hydrogens is 322 g/mol. The van der Waals surface area contributed by atoms with Gasteiger partial charge in [0.1, 0.15) is 0 Å². The predicted octanol–water partition coefficient (Wildman–Crippen LogP) is 1.29. The lowest BCUT2D eigenvalue weighted by molar-refractivity contribution is -0.142. The van der Waals surface area contributed by atoms with Crippen LogP contribution in [-0.2, 0) is 9.59 Å². The van der Waals surface area contributed by atoms with Crippen molar-refractivity contribution < 1.29 is 9.59 Å². The van der Waals surface area contributed by atoms with Crippen molar-refractivity contribution in [3.05, 3.63) is 0 Å². The third-order valence-corrected chi connectivity index (χ3v) is 6.38. The van der Waals surface area contributed by atoms with E-state index in [0.29, 0.717) is 25.5 Å². The Labute approximate surface area is 148 Å². The molecule has 132 valence electrons. The molecule has 1 atom stereocenters. The third kappa shape index (κ3) is 3.16. The monoisotopic (exact) mass is 349 g/mol. The lowest BCUT2D eigenvalue weighted by Gasteiger charge is -2.45. The first kappa shape index (κ1) is 17.6. The van der Waals surface area contributed by atoms with E-state index < -0.39 is 0 Å². The molecule has 3 aliphatic rings. The minimum atomic E-state index is -0.358. The molecule has 2 aliphatic heterocycles. The van der Waals surface area contributed by atoms with Gasteiger partial charge in [-0.1, -0.05) is 12.3 Å². The van der Waals surface area contributed by atoms with Gasteiger partial charge in [-0.15, -0.1) is 6.42 Å². The fraction of sp³-hybridized carbons (Fsp3) is 0.778. The largest absolute Gasteiger partial charge is 0.342 e. The van der Waals surface area contributed by atoms with E-state index in [-0.39, 0.29) is 23.5 Å². The predicted molar refractivity (Wildman–Crippen MR) is 96.4 cm³/mol. The Balaban J connectivity index is 1.66. The molecule has 1 spiro atoms. The molecule has 2 amide bonds. The van der Waals surface area contributed by atoms with Gasteiger partial charge >= 0.3 is 0 Å². The summed E-state index contributed by atoms with van der Waals surface area (Å²) in [6, 6.07) is -0.139. The summed E-state index contributed by atoms with van der Waals surface area (Å²) in [7, 11) is 0. The number of hydrogen-bond donors (Lipinski definition) is 1. The van der Waals surface area contributed by atoms with Gasteiger partial charge in [0, 0.05) is 31.8 Å².